The number of sulfonamides is 1. The minimum atomic E-state index is -3.07. The number of hydrogen-bond donors (Lipinski definition) is 1. The van der Waals surface area contributed by atoms with E-state index in [4.69, 9.17) is 18.0 Å². The first-order chi connectivity index (χ1) is 7.49. The minimum Gasteiger partial charge on any atom is -0.393 e. The summed E-state index contributed by atoms with van der Waals surface area (Å²) in [5.41, 5.74) is 5.43. The maximum atomic E-state index is 12.1. The van der Waals surface area contributed by atoms with Crippen molar-refractivity contribution >= 4 is 27.2 Å². The lowest BCUT2D eigenvalue weighted by molar-refractivity contribution is 0.411. The molecule has 0 aromatic carbocycles. The molecule has 2 saturated carbocycles. The molecule has 16 heavy (non-hydrogen) atoms. The quantitative estimate of drug-likeness (QED) is 0.691. The smallest absolute Gasteiger partial charge is 0.214 e. The summed E-state index contributed by atoms with van der Waals surface area (Å²) in [5.74, 6) is 0.719. The van der Waals surface area contributed by atoms with E-state index in [1.54, 1.807) is 4.31 Å². The molecule has 0 aromatic heterocycles. The van der Waals surface area contributed by atoms with Gasteiger partial charge < -0.3 is 5.73 Å². The summed E-state index contributed by atoms with van der Waals surface area (Å²) in [6.45, 7) is 0.467. The molecule has 92 valence electrons. The summed E-state index contributed by atoms with van der Waals surface area (Å²) in [6, 6.07) is 0.220. The lowest BCUT2D eigenvalue weighted by Gasteiger charge is -2.21. The van der Waals surface area contributed by atoms with Crippen LogP contribution in [0.5, 0.6) is 0 Å². The van der Waals surface area contributed by atoms with Gasteiger partial charge in [-0.15, -0.1) is 0 Å². The van der Waals surface area contributed by atoms with Crippen LogP contribution in [-0.4, -0.2) is 36.1 Å². The van der Waals surface area contributed by atoms with E-state index in [0.29, 0.717) is 29.6 Å². The molecule has 2 rings (SSSR count). The van der Waals surface area contributed by atoms with Crippen molar-refractivity contribution in [3.8, 4) is 0 Å². The van der Waals surface area contributed by atoms with Gasteiger partial charge in [-0.3, -0.25) is 0 Å². The predicted octanol–water partition coefficient (Wildman–Crippen LogP) is 0.867. The van der Waals surface area contributed by atoms with E-state index in [0.717, 1.165) is 25.7 Å². The van der Waals surface area contributed by atoms with Crippen LogP contribution in [0.25, 0.3) is 0 Å². The molecule has 0 unspecified atom stereocenters. The molecule has 0 radical (unpaired) electrons. The van der Waals surface area contributed by atoms with Crippen LogP contribution in [0.1, 0.15) is 32.1 Å². The Labute approximate surface area is 102 Å². The second-order valence-corrected chi connectivity index (χ2v) is 7.27. The van der Waals surface area contributed by atoms with E-state index in [1.807, 2.05) is 0 Å². The highest BCUT2D eigenvalue weighted by Crippen LogP contribution is 2.35. The number of nitrogens with two attached hydrogens (primary N) is 1. The fourth-order valence-corrected chi connectivity index (χ4v) is 4.06. The third-order valence-corrected chi connectivity index (χ3v) is 5.33. The Balaban J connectivity index is 1.96. The van der Waals surface area contributed by atoms with E-state index >= 15 is 0 Å². The van der Waals surface area contributed by atoms with Gasteiger partial charge in [0.2, 0.25) is 10.0 Å². The Hall–Kier alpha value is -0.200. The van der Waals surface area contributed by atoms with Gasteiger partial charge in [0.1, 0.15) is 0 Å². The minimum absolute atomic E-state index is 0.220. The van der Waals surface area contributed by atoms with Crippen molar-refractivity contribution in [1.82, 2.24) is 4.31 Å². The first-order valence-electron chi connectivity index (χ1n) is 5.77. The van der Waals surface area contributed by atoms with Crippen LogP contribution in [0.3, 0.4) is 0 Å². The zero-order valence-electron chi connectivity index (χ0n) is 9.26. The average Bonchev–Trinajstić information content (AvgIpc) is 2.95. The van der Waals surface area contributed by atoms with Gasteiger partial charge in [0.05, 0.1) is 10.7 Å². The second kappa shape index (κ2) is 4.58. The summed E-state index contributed by atoms with van der Waals surface area (Å²) in [7, 11) is -3.07. The van der Waals surface area contributed by atoms with Crippen LogP contribution in [-0.2, 0) is 10.0 Å². The molecule has 0 atom stereocenters. The summed E-state index contributed by atoms with van der Waals surface area (Å²) in [6.07, 6.45) is 4.60. The zero-order valence-corrected chi connectivity index (χ0v) is 10.9. The SMILES string of the molecule is NC(=S)CCN(C1CC1)S(=O)(=O)CC1CC1. The summed E-state index contributed by atoms with van der Waals surface area (Å²) in [5, 5.41) is 0. The van der Waals surface area contributed by atoms with E-state index in [2.05, 4.69) is 0 Å². The lowest BCUT2D eigenvalue weighted by Crippen LogP contribution is -2.37. The highest BCUT2D eigenvalue weighted by Gasteiger charge is 2.39. The number of rotatable bonds is 7. The zero-order chi connectivity index (χ0) is 11.8. The molecule has 2 fully saturated rings. The fraction of sp³-hybridized carbons (Fsp3) is 0.900. The van der Waals surface area contributed by atoms with Crippen molar-refractivity contribution in [3.05, 3.63) is 0 Å². The van der Waals surface area contributed by atoms with Crippen molar-refractivity contribution in [3.63, 3.8) is 0 Å². The Morgan fingerprint density at radius 2 is 1.94 bits per heavy atom. The number of nitrogens with zero attached hydrogens (tertiary/aromatic N) is 1. The molecule has 0 aromatic rings. The molecular weight excluding hydrogens is 244 g/mol. The maximum absolute atomic E-state index is 12.1. The molecule has 6 heteroatoms. The third kappa shape index (κ3) is 3.40. The first-order valence-corrected chi connectivity index (χ1v) is 7.78. The monoisotopic (exact) mass is 262 g/mol. The van der Waals surface area contributed by atoms with Crippen LogP contribution >= 0.6 is 12.2 Å². The Morgan fingerprint density at radius 3 is 2.38 bits per heavy atom. The molecule has 0 heterocycles. The average molecular weight is 262 g/mol. The lowest BCUT2D eigenvalue weighted by atomic mass is 10.4. The molecule has 0 amide bonds. The fourth-order valence-electron chi connectivity index (χ4n) is 1.81. The van der Waals surface area contributed by atoms with E-state index < -0.39 is 10.0 Å². The van der Waals surface area contributed by atoms with Crippen molar-refractivity contribution in [2.24, 2.45) is 11.7 Å². The summed E-state index contributed by atoms with van der Waals surface area (Å²) in [4.78, 5) is 0.396. The van der Waals surface area contributed by atoms with Gasteiger partial charge in [0, 0.05) is 19.0 Å². The molecule has 2 N–H and O–H groups in total. The van der Waals surface area contributed by atoms with Crippen molar-refractivity contribution in [2.45, 2.75) is 38.1 Å². The van der Waals surface area contributed by atoms with Crippen LogP contribution in [0.4, 0.5) is 0 Å². The molecule has 0 bridgehead atoms. The van der Waals surface area contributed by atoms with Crippen molar-refractivity contribution in [2.75, 3.05) is 12.3 Å². The van der Waals surface area contributed by atoms with Gasteiger partial charge >= 0.3 is 0 Å². The van der Waals surface area contributed by atoms with Gasteiger partial charge in [-0.2, -0.15) is 4.31 Å². The standard InChI is InChI=1S/C10H18N2O2S2/c11-10(15)5-6-12(9-3-4-9)16(13,14)7-8-1-2-8/h8-9H,1-7H2,(H2,11,15). The second-order valence-electron chi connectivity index (χ2n) is 4.78. The number of hydrogen-bond acceptors (Lipinski definition) is 3. The van der Waals surface area contributed by atoms with Crippen LogP contribution in [0, 0.1) is 5.92 Å². The van der Waals surface area contributed by atoms with Gasteiger partial charge in [-0.25, -0.2) is 8.42 Å². The van der Waals surface area contributed by atoms with Gasteiger partial charge in [0.25, 0.3) is 0 Å². The van der Waals surface area contributed by atoms with Gasteiger partial charge in [-0.05, 0) is 31.6 Å². The van der Waals surface area contributed by atoms with Gasteiger partial charge in [0.15, 0.2) is 0 Å². The highest BCUT2D eigenvalue weighted by atomic mass is 32.2. The molecule has 0 spiro atoms. The molecule has 0 saturated heterocycles. The van der Waals surface area contributed by atoms with E-state index in [-0.39, 0.29) is 6.04 Å². The van der Waals surface area contributed by atoms with E-state index in [9.17, 15) is 8.42 Å². The molecule has 4 nitrogen and oxygen atoms in total. The van der Waals surface area contributed by atoms with Crippen LogP contribution in [0.15, 0.2) is 0 Å². The van der Waals surface area contributed by atoms with Crippen molar-refractivity contribution < 1.29 is 8.42 Å². The van der Waals surface area contributed by atoms with Crippen LogP contribution < -0.4 is 5.73 Å². The Morgan fingerprint density at radius 1 is 1.31 bits per heavy atom. The predicted molar refractivity (Wildman–Crippen MR) is 67.6 cm³/mol. The Kier molecular flexibility index (Phi) is 3.51. The topological polar surface area (TPSA) is 63.4 Å². The molecular formula is C10H18N2O2S2. The third-order valence-electron chi connectivity index (χ3n) is 3.03. The largest absolute Gasteiger partial charge is 0.393 e. The van der Waals surface area contributed by atoms with Gasteiger partial charge in [-0.1, -0.05) is 12.2 Å². The summed E-state index contributed by atoms with van der Waals surface area (Å²) >= 11 is 4.80. The van der Waals surface area contributed by atoms with Crippen molar-refractivity contribution in [1.29, 1.82) is 0 Å². The molecule has 2 aliphatic rings. The molecule has 2 aliphatic carbocycles. The van der Waals surface area contributed by atoms with Crippen LogP contribution in [0.2, 0.25) is 0 Å². The Bertz CT molecular complexity index is 372. The normalized spacial score (nSPS) is 21.3. The number of thiocarbonyl (C=S) groups is 1. The van der Waals surface area contributed by atoms with E-state index in [1.165, 1.54) is 0 Å². The maximum Gasteiger partial charge on any atom is 0.214 e. The summed E-state index contributed by atoms with van der Waals surface area (Å²) < 4.78 is 25.9. The molecule has 0 aliphatic heterocycles. The highest BCUT2D eigenvalue weighted by molar-refractivity contribution is 7.89. The first kappa shape index (κ1) is 12.3.